The van der Waals surface area contributed by atoms with Crippen LogP contribution in [-0.4, -0.2) is 66.5 Å². The van der Waals surface area contributed by atoms with Gasteiger partial charge in [-0.15, -0.1) is 0 Å². The number of unbranched alkanes of at least 4 members (excludes halogenated alkanes) is 26. The molecule has 12 heteroatoms. The molecular weight excluding hydrogens is 1020 g/mol. The lowest BCUT2D eigenvalue weighted by molar-refractivity contribution is -0.161. The van der Waals surface area contributed by atoms with Crippen LogP contribution in [0.4, 0.5) is 0 Å². The molecule has 0 spiro atoms. The topological polar surface area (TPSA) is 155 Å². The first-order valence-corrected chi connectivity index (χ1v) is 33.6. The number of ether oxygens (including phenoxy) is 3. The number of aliphatic hydroxyl groups is 1. The SMILES string of the molecule is CC/C=C\C/C=C\C/C=C\CCCCCCCCCC(=O)OCC(COP(=O)(O)OCC(CO)OC(=O)CCCCCCCCC/C=C\C/C=C\C/C=C\CC)OC(=O)CCCCCCCCCCC/C=C\C/C=C\CCCCC. The zero-order valence-corrected chi connectivity index (χ0v) is 51.9. The van der Waals surface area contributed by atoms with E-state index in [1.165, 1.54) is 83.5 Å². The van der Waals surface area contributed by atoms with Gasteiger partial charge < -0.3 is 24.2 Å². The van der Waals surface area contributed by atoms with Crippen LogP contribution in [0.3, 0.4) is 0 Å². The van der Waals surface area contributed by atoms with E-state index in [0.717, 1.165) is 135 Å². The highest BCUT2D eigenvalue weighted by atomic mass is 31.2. The summed E-state index contributed by atoms with van der Waals surface area (Å²) in [6.07, 6.45) is 73.5. The molecule has 0 bridgehead atoms. The fourth-order valence-corrected chi connectivity index (χ4v) is 9.44. The summed E-state index contributed by atoms with van der Waals surface area (Å²) in [6, 6.07) is 0. The molecule has 2 N–H and O–H groups in total. The molecule has 0 rings (SSSR count). The molecule has 0 aromatic carbocycles. The Hall–Kier alpha value is -3.60. The van der Waals surface area contributed by atoms with E-state index >= 15 is 0 Å². The van der Waals surface area contributed by atoms with E-state index in [9.17, 15) is 28.9 Å². The molecule has 80 heavy (non-hydrogen) atoms. The molecule has 11 nitrogen and oxygen atoms in total. The zero-order chi connectivity index (χ0) is 58.3. The van der Waals surface area contributed by atoms with Crippen molar-refractivity contribution in [2.75, 3.05) is 26.4 Å². The summed E-state index contributed by atoms with van der Waals surface area (Å²) in [5, 5.41) is 9.86. The van der Waals surface area contributed by atoms with Gasteiger partial charge in [0.05, 0.1) is 19.8 Å². The maximum absolute atomic E-state index is 13.0. The Morgan fingerprint density at radius 2 is 0.650 bits per heavy atom. The molecule has 3 atom stereocenters. The molecule has 3 unspecified atom stereocenters. The third kappa shape index (κ3) is 59.0. The lowest BCUT2D eigenvalue weighted by atomic mass is 10.1. The van der Waals surface area contributed by atoms with Gasteiger partial charge in [0.15, 0.2) is 6.10 Å². The van der Waals surface area contributed by atoms with Crippen molar-refractivity contribution >= 4 is 25.7 Å². The van der Waals surface area contributed by atoms with E-state index in [4.69, 9.17) is 23.3 Å². The van der Waals surface area contributed by atoms with Crippen molar-refractivity contribution in [3.63, 3.8) is 0 Å². The molecule has 0 saturated heterocycles. The first kappa shape index (κ1) is 76.4. The second kappa shape index (κ2) is 61.5. The van der Waals surface area contributed by atoms with Gasteiger partial charge in [0.2, 0.25) is 0 Å². The number of hydrogen-bond acceptors (Lipinski definition) is 10. The van der Waals surface area contributed by atoms with Crippen LogP contribution in [0.5, 0.6) is 0 Å². The summed E-state index contributed by atoms with van der Waals surface area (Å²) in [5.74, 6) is -1.49. The number of allylic oxidation sites excluding steroid dienone is 16. The van der Waals surface area contributed by atoms with Crippen LogP contribution in [0.2, 0.25) is 0 Å². The number of hydrogen-bond donors (Lipinski definition) is 2. The highest BCUT2D eigenvalue weighted by molar-refractivity contribution is 7.47. The quantitative estimate of drug-likeness (QED) is 0.0197. The van der Waals surface area contributed by atoms with Gasteiger partial charge in [-0.05, 0) is 116 Å². The molecule has 0 aromatic rings. The maximum atomic E-state index is 13.0. The maximum Gasteiger partial charge on any atom is 0.472 e. The van der Waals surface area contributed by atoms with Crippen LogP contribution < -0.4 is 0 Å². The van der Waals surface area contributed by atoms with Crippen LogP contribution in [0.25, 0.3) is 0 Å². The van der Waals surface area contributed by atoms with Crippen molar-refractivity contribution in [2.45, 2.75) is 290 Å². The minimum atomic E-state index is -4.76. The Morgan fingerprint density at radius 1 is 0.362 bits per heavy atom. The van der Waals surface area contributed by atoms with Gasteiger partial charge >= 0.3 is 25.7 Å². The fraction of sp³-hybridized carbons (Fsp3) is 0.721. The number of rotatable bonds is 59. The molecule has 460 valence electrons. The first-order valence-electron chi connectivity index (χ1n) is 32.1. The monoisotopic (exact) mass is 1140 g/mol. The van der Waals surface area contributed by atoms with Crippen LogP contribution in [0.15, 0.2) is 97.2 Å². The Balaban J connectivity index is 4.72. The molecule has 0 radical (unpaired) electrons. The average molecular weight is 1140 g/mol. The predicted molar refractivity (Wildman–Crippen MR) is 334 cm³/mol. The van der Waals surface area contributed by atoms with Crippen molar-refractivity contribution in [3.8, 4) is 0 Å². The van der Waals surface area contributed by atoms with E-state index in [-0.39, 0.29) is 25.9 Å². The highest BCUT2D eigenvalue weighted by Crippen LogP contribution is 2.43. The van der Waals surface area contributed by atoms with Gasteiger partial charge in [-0.25, -0.2) is 4.57 Å². The lowest BCUT2D eigenvalue weighted by Gasteiger charge is -2.21. The molecule has 0 heterocycles. The summed E-state index contributed by atoms with van der Waals surface area (Å²) in [6.45, 7) is 4.40. The number of phosphoric ester groups is 1. The number of carbonyl (C=O) groups excluding carboxylic acids is 3. The molecule has 0 aliphatic carbocycles. The second-order valence-corrected chi connectivity index (χ2v) is 22.6. The van der Waals surface area contributed by atoms with Crippen molar-refractivity contribution in [1.82, 2.24) is 0 Å². The smallest absolute Gasteiger partial charge is 0.462 e. The van der Waals surface area contributed by atoms with Gasteiger partial charge in [-0.2, -0.15) is 0 Å². The lowest BCUT2D eigenvalue weighted by Crippen LogP contribution is -2.30. The summed E-state index contributed by atoms with van der Waals surface area (Å²) < 4.78 is 39.7. The first-order chi connectivity index (χ1) is 39.2. The Bertz CT molecular complexity index is 1710. The molecule has 0 aliphatic heterocycles. The van der Waals surface area contributed by atoms with Crippen molar-refractivity contribution in [2.24, 2.45) is 0 Å². The molecule has 0 fully saturated rings. The molecule has 0 amide bonds. The second-order valence-electron chi connectivity index (χ2n) is 21.2. The molecule has 0 saturated carbocycles. The molecule has 0 aliphatic rings. The molecule has 0 aromatic heterocycles. The van der Waals surface area contributed by atoms with Crippen molar-refractivity contribution < 1.29 is 52.2 Å². The zero-order valence-electron chi connectivity index (χ0n) is 51.0. The van der Waals surface area contributed by atoms with Crippen LogP contribution in [0.1, 0.15) is 278 Å². The van der Waals surface area contributed by atoms with Crippen molar-refractivity contribution in [1.29, 1.82) is 0 Å². The minimum Gasteiger partial charge on any atom is -0.462 e. The van der Waals surface area contributed by atoms with Crippen molar-refractivity contribution in [3.05, 3.63) is 97.2 Å². The summed E-state index contributed by atoms with van der Waals surface area (Å²) >= 11 is 0. The van der Waals surface area contributed by atoms with Gasteiger partial charge in [-0.3, -0.25) is 23.4 Å². The van der Waals surface area contributed by atoms with Crippen LogP contribution >= 0.6 is 7.82 Å². The summed E-state index contributed by atoms with van der Waals surface area (Å²) in [4.78, 5) is 48.8. The third-order valence-corrected chi connectivity index (χ3v) is 14.4. The Morgan fingerprint density at radius 3 is 1.00 bits per heavy atom. The van der Waals surface area contributed by atoms with Gasteiger partial charge in [0.1, 0.15) is 12.7 Å². The normalized spacial score (nSPS) is 13.9. The van der Waals surface area contributed by atoms with Crippen LogP contribution in [0, 0.1) is 0 Å². The van der Waals surface area contributed by atoms with Gasteiger partial charge in [0.25, 0.3) is 0 Å². The predicted octanol–water partition coefficient (Wildman–Crippen LogP) is 19.6. The number of esters is 3. The fourth-order valence-electron chi connectivity index (χ4n) is 8.65. The highest BCUT2D eigenvalue weighted by Gasteiger charge is 2.28. The average Bonchev–Trinajstić information content (AvgIpc) is 3.45. The number of phosphoric acid groups is 1. The van der Waals surface area contributed by atoms with E-state index in [2.05, 4.69) is 118 Å². The minimum absolute atomic E-state index is 0.157. The van der Waals surface area contributed by atoms with Gasteiger partial charge in [-0.1, -0.05) is 240 Å². The number of aliphatic hydroxyl groups excluding tert-OH is 1. The largest absolute Gasteiger partial charge is 0.472 e. The Kier molecular flexibility index (Phi) is 58.7. The van der Waals surface area contributed by atoms with Gasteiger partial charge in [0, 0.05) is 19.3 Å². The van der Waals surface area contributed by atoms with E-state index in [1.54, 1.807) is 0 Å². The summed E-state index contributed by atoms with van der Waals surface area (Å²) in [7, 11) is -4.76. The van der Waals surface area contributed by atoms with Crippen LogP contribution in [-0.2, 0) is 42.2 Å². The summed E-state index contributed by atoms with van der Waals surface area (Å²) in [5.41, 5.74) is 0. The standard InChI is InChI=1S/C68H117O11P/c1-4-7-10-13-16-19-22-25-28-31-32-35-38-41-44-47-50-53-56-59-68(72)79-65(61-75-66(70)57-54-51-48-45-42-39-36-33-29-26-23-20-17-14-11-8-5-2)63-77-80(73,74)76-62-64(60-69)78-67(71)58-55-52-49-46-43-40-37-34-30-27-24-21-18-15-12-9-6-3/h8-9,11-12,16-21,25-30,64-65,69H,4-7,10,13-15,22-24,31-63H2,1-3H3,(H,73,74)/b11-8-,12-9-,19-16-,20-17-,21-18-,28-25-,29-26-,30-27-. The van der Waals surface area contributed by atoms with E-state index in [1.807, 2.05) is 0 Å². The third-order valence-electron chi connectivity index (χ3n) is 13.5. The van der Waals surface area contributed by atoms with E-state index < -0.39 is 57.8 Å². The molecular formula is C68H117O11P. The number of carbonyl (C=O) groups is 3. The Labute approximate surface area is 489 Å². The van der Waals surface area contributed by atoms with E-state index in [0.29, 0.717) is 19.3 Å².